The predicted octanol–water partition coefficient (Wildman–Crippen LogP) is 0.0749. The van der Waals surface area contributed by atoms with Crippen molar-refractivity contribution in [2.24, 2.45) is 11.8 Å². The Hall–Kier alpha value is -0.420. The van der Waals surface area contributed by atoms with Crippen LogP contribution in [0.2, 0.25) is 0 Å². The summed E-state index contributed by atoms with van der Waals surface area (Å²) in [5, 5.41) is 8.86. The molecule has 3 rings (SSSR count). The summed E-state index contributed by atoms with van der Waals surface area (Å²) in [7, 11) is -0.958. The SMILES string of the molecule is CCS(=O)N1CC2CC1C2C(=O)O. The molecule has 4 unspecified atom stereocenters. The molecule has 2 saturated heterocycles. The van der Waals surface area contributed by atoms with Crippen molar-refractivity contribution in [1.82, 2.24) is 4.31 Å². The van der Waals surface area contributed by atoms with E-state index in [0.717, 1.165) is 6.42 Å². The Labute approximate surface area is 79.5 Å². The number of hydrogen-bond donors (Lipinski definition) is 1. The van der Waals surface area contributed by atoms with Crippen molar-refractivity contribution in [3.8, 4) is 0 Å². The van der Waals surface area contributed by atoms with E-state index in [1.807, 2.05) is 11.2 Å². The van der Waals surface area contributed by atoms with Crippen LogP contribution in [-0.2, 0) is 15.8 Å². The molecule has 74 valence electrons. The van der Waals surface area contributed by atoms with Crippen LogP contribution in [0.3, 0.4) is 0 Å². The van der Waals surface area contributed by atoms with E-state index in [2.05, 4.69) is 0 Å². The summed E-state index contributed by atoms with van der Waals surface area (Å²) in [6.07, 6.45) is 0.919. The second-order valence-electron chi connectivity index (χ2n) is 3.64. The molecule has 0 radical (unpaired) electrons. The minimum Gasteiger partial charge on any atom is -0.481 e. The maximum atomic E-state index is 11.5. The zero-order chi connectivity index (χ0) is 9.59. The number of carbonyl (C=O) groups is 1. The van der Waals surface area contributed by atoms with Crippen molar-refractivity contribution in [2.75, 3.05) is 12.3 Å². The van der Waals surface area contributed by atoms with Crippen LogP contribution in [0, 0.1) is 11.8 Å². The first-order valence-electron chi connectivity index (χ1n) is 4.53. The van der Waals surface area contributed by atoms with Crippen LogP contribution in [0.15, 0.2) is 0 Å². The van der Waals surface area contributed by atoms with Crippen LogP contribution in [0.5, 0.6) is 0 Å². The smallest absolute Gasteiger partial charge is 0.308 e. The first-order valence-corrected chi connectivity index (χ1v) is 5.80. The highest BCUT2D eigenvalue weighted by molar-refractivity contribution is 7.82. The second-order valence-corrected chi connectivity index (χ2v) is 5.33. The number of fused-ring (bicyclic) bond motifs is 1. The van der Waals surface area contributed by atoms with E-state index < -0.39 is 17.0 Å². The molecule has 4 nitrogen and oxygen atoms in total. The Morgan fingerprint density at radius 3 is 2.85 bits per heavy atom. The van der Waals surface area contributed by atoms with Gasteiger partial charge in [-0.3, -0.25) is 4.79 Å². The number of carboxylic acid groups (broad SMARTS) is 1. The van der Waals surface area contributed by atoms with Crippen molar-refractivity contribution >= 4 is 17.0 Å². The average Bonchev–Trinajstić information content (AvgIpc) is 2.57. The van der Waals surface area contributed by atoms with Crippen LogP contribution >= 0.6 is 0 Å². The molecule has 2 bridgehead atoms. The molecule has 0 aromatic carbocycles. The van der Waals surface area contributed by atoms with Gasteiger partial charge in [-0.25, -0.2) is 8.51 Å². The summed E-state index contributed by atoms with van der Waals surface area (Å²) in [6, 6.07) is 0.0447. The van der Waals surface area contributed by atoms with Gasteiger partial charge >= 0.3 is 5.97 Å². The van der Waals surface area contributed by atoms with Crippen molar-refractivity contribution < 1.29 is 14.1 Å². The van der Waals surface area contributed by atoms with Crippen molar-refractivity contribution in [1.29, 1.82) is 0 Å². The number of hydrogen-bond acceptors (Lipinski definition) is 2. The maximum absolute atomic E-state index is 11.5. The fraction of sp³-hybridized carbons (Fsp3) is 0.875. The zero-order valence-corrected chi connectivity index (χ0v) is 8.29. The molecule has 1 aliphatic carbocycles. The number of carboxylic acids is 1. The third-order valence-corrected chi connectivity index (χ3v) is 4.48. The number of rotatable bonds is 3. The molecule has 13 heavy (non-hydrogen) atoms. The van der Waals surface area contributed by atoms with Gasteiger partial charge in [0, 0.05) is 18.3 Å². The summed E-state index contributed by atoms with van der Waals surface area (Å²) >= 11 is 0. The average molecular weight is 203 g/mol. The third-order valence-electron chi connectivity index (χ3n) is 3.04. The van der Waals surface area contributed by atoms with E-state index in [1.165, 1.54) is 0 Å². The fourth-order valence-corrected chi connectivity index (χ4v) is 3.55. The van der Waals surface area contributed by atoms with E-state index in [0.29, 0.717) is 12.3 Å². The Balaban J connectivity index is 2.07. The molecule has 5 heteroatoms. The predicted molar refractivity (Wildman–Crippen MR) is 48.4 cm³/mol. The standard InChI is InChI=1S/C8H13NO3S/c1-2-13(12)9-4-5-3-6(9)7(5)8(10)11/h5-7H,2-4H2,1H3,(H,10,11). The van der Waals surface area contributed by atoms with Gasteiger partial charge in [0.15, 0.2) is 0 Å². The Morgan fingerprint density at radius 1 is 1.69 bits per heavy atom. The molecule has 0 aromatic rings. The van der Waals surface area contributed by atoms with Crippen molar-refractivity contribution in [2.45, 2.75) is 19.4 Å². The molecule has 3 aliphatic rings. The van der Waals surface area contributed by atoms with E-state index in [4.69, 9.17) is 5.11 Å². The van der Waals surface area contributed by atoms with Gasteiger partial charge in [-0.1, -0.05) is 6.92 Å². The molecule has 2 aliphatic heterocycles. The highest BCUT2D eigenvalue weighted by atomic mass is 32.2. The lowest BCUT2D eigenvalue weighted by atomic mass is 9.74. The van der Waals surface area contributed by atoms with Crippen molar-refractivity contribution in [3.05, 3.63) is 0 Å². The largest absolute Gasteiger partial charge is 0.481 e. The lowest BCUT2D eigenvalue weighted by molar-refractivity contribution is -0.147. The van der Waals surface area contributed by atoms with Crippen LogP contribution in [0.25, 0.3) is 0 Å². The highest BCUT2D eigenvalue weighted by Gasteiger charge is 2.56. The lowest BCUT2D eigenvalue weighted by Gasteiger charge is -2.32. The molecular formula is C8H13NO3S. The summed E-state index contributed by atoms with van der Waals surface area (Å²) < 4.78 is 13.3. The minimum atomic E-state index is -0.958. The van der Waals surface area contributed by atoms with Crippen LogP contribution in [-0.4, -0.2) is 37.9 Å². The maximum Gasteiger partial charge on any atom is 0.308 e. The Morgan fingerprint density at radius 2 is 2.38 bits per heavy atom. The van der Waals surface area contributed by atoms with Gasteiger partial charge in [-0.05, 0) is 12.3 Å². The van der Waals surface area contributed by atoms with Gasteiger partial charge in [0.1, 0.15) is 0 Å². The quantitative estimate of drug-likeness (QED) is 0.706. The number of aliphatic carboxylic acids is 1. The molecule has 0 spiro atoms. The summed E-state index contributed by atoms with van der Waals surface area (Å²) in [5.41, 5.74) is 0. The normalized spacial score (nSPS) is 39.9. The van der Waals surface area contributed by atoms with Crippen LogP contribution in [0.1, 0.15) is 13.3 Å². The van der Waals surface area contributed by atoms with Gasteiger partial charge < -0.3 is 5.11 Å². The van der Waals surface area contributed by atoms with E-state index in [9.17, 15) is 9.00 Å². The van der Waals surface area contributed by atoms with E-state index in [1.54, 1.807) is 0 Å². The molecule has 0 aromatic heterocycles. The zero-order valence-electron chi connectivity index (χ0n) is 7.47. The molecular weight excluding hydrogens is 190 g/mol. The van der Waals surface area contributed by atoms with Crippen LogP contribution < -0.4 is 0 Å². The molecule has 0 amide bonds. The lowest BCUT2D eigenvalue weighted by Crippen LogP contribution is -2.44. The topological polar surface area (TPSA) is 57.6 Å². The Kier molecular flexibility index (Phi) is 2.15. The van der Waals surface area contributed by atoms with Crippen LogP contribution in [0.4, 0.5) is 0 Å². The molecule has 1 saturated carbocycles. The Bertz CT molecular complexity index is 268. The monoisotopic (exact) mass is 203 g/mol. The van der Waals surface area contributed by atoms with Gasteiger partial charge in [-0.2, -0.15) is 0 Å². The van der Waals surface area contributed by atoms with Gasteiger partial charge in [0.25, 0.3) is 0 Å². The molecule has 1 N–H and O–H groups in total. The fourth-order valence-electron chi connectivity index (χ4n) is 2.34. The molecule has 4 atom stereocenters. The molecule has 2 heterocycles. The third kappa shape index (κ3) is 1.21. The summed E-state index contributed by atoms with van der Waals surface area (Å²) in [6.45, 7) is 2.57. The molecule has 3 fully saturated rings. The number of nitrogens with zero attached hydrogens (tertiary/aromatic N) is 1. The van der Waals surface area contributed by atoms with Gasteiger partial charge in [0.05, 0.1) is 16.9 Å². The van der Waals surface area contributed by atoms with Crippen molar-refractivity contribution in [3.63, 3.8) is 0 Å². The first-order chi connectivity index (χ1) is 6.15. The van der Waals surface area contributed by atoms with Gasteiger partial charge in [0.2, 0.25) is 0 Å². The summed E-state index contributed by atoms with van der Waals surface area (Å²) in [5.74, 6) is -0.138. The summed E-state index contributed by atoms with van der Waals surface area (Å²) in [4.78, 5) is 10.8. The second kappa shape index (κ2) is 3.06. The highest BCUT2D eigenvalue weighted by Crippen LogP contribution is 2.46. The van der Waals surface area contributed by atoms with Gasteiger partial charge in [-0.15, -0.1) is 0 Å². The minimum absolute atomic E-state index is 0.0447. The van der Waals surface area contributed by atoms with E-state index in [-0.39, 0.29) is 17.9 Å². The first kappa shape index (κ1) is 9.15. The van der Waals surface area contributed by atoms with E-state index >= 15 is 0 Å².